The third-order valence-corrected chi connectivity index (χ3v) is 4.30. The highest BCUT2D eigenvalue weighted by Crippen LogP contribution is 2.30. The van der Waals surface area contributed by atoms with E-state index >= 15 is 0 Å². The molecule has 0 aromatic heterocycles. The van der Waals surface area contributed by atoms with Crippen molar-refractivity contribution in [2.45, 2.75) is 63.5 Å². The molecule has 1 saturated carbocycles. The van der Waals surface area contributed by atoms with Crippen LogP contribution in [0, 0.1) is 0 Å². The summed E-state index contributed by atoms with van der Waals surface area (Å²) in [5, 5.41) is 12.8. The molecule has 2 amide bonds. The fourth-order valence-electron chi connectivity index (χ4n) is 2.84. The molecule has 2 fully saturated rings. The summed E-state index contributed by atoms with van der Waals surface area (Å²) in [5.74, 6) is -0.0657. The van der Waals surface area contributed by atoms with Gasteiger partial charge in [0.15, 0.2) is 0 Å². The molecule has 2 rings (SSSR count). The van der Waals surface area contributed by atoms with Crippen molar-refractivity contribution >= 4 is 11.8 Å². The van der Waals surface area contributed by atoms with Gasteiger partial charge in [-0.3, -0.25) is 9.59 Å². The summed E-state index contributed by atoms with van der Waals surface area (Å²) in [5.41, 5.74) is -0.704. The van der Waals surface area contributed by atoms with Crippen molar-refractivity contribution in [1.29, 1.82) is 0 Å². The van der Waals surface area contributed by atoms with E-state index in [4.69, 9.17) is 0 Å². The fraction of sp³-hybridized carbons (Fsp3) is 0.857. The van der Waals surface area contributed by atoms with Crippen LogP contribution in [0.1, 0.15) is 51.9 Å². The number of nitrogens with one attached hydrogen (secondary N) is 1. The van der Waals surface area contributed by atoms with Gasteiger partial charge in [0, 0.05) is 19.5 Å². The average Bonchev–Trinajstić information content (AvgIpc) is 2.41. The van der Waals surface area contributed by atoms with Gasteiger partial charge in [-0.2, -0.15) is 0 Å². The SMILES string of the molecule is CCC(=O)N1CCCCC1C(=O)NCC1(O)CCC1. The van der Waals surface area contributed by atoms with Crippen LogP contribution in [-0.4, -0.2) is 46.6 Å². The summed E-state index contributed by atoms with van der Waals surface area (Å²) >= 11 is 0. The lowest BCUT2D eigenvalue weighted by Gasteiger charge is -2.38. The molecule has 2 aliphatic rings. The minimum atomic E-state index is -0.704. The number of carbonyl (C=O) groups is 2. The Labute approximate surface area is 114 Å². The first-order valence-corrected chi connectivity index (χ1v) is 7.35. The molecule has 2 N–H and O–H groups in total. The van der Waals surface area contributed by atoms with Crippen LogP contribution in [0.15, 0.2) is 0 Å². The second-order valence-electron chi connectivity index (χ2n) is 5.75. The summed E-state index contributed by atoms with van der Waals surface area (Å²) in [4.78, 5) is 25.7. The van der Waals surface area contributed by atoms with Gasteiger partial charge in [-0.05, 0) is 38.5 Å². The Morgan fingerprint density at radius 3 is 2.63 bits per heavy atom. The molecule has 0 aromatic rings. The molecule has 0 bridgehead atoms. The van der Waals surface area contributed by atoms with Crippen molar-refractivity contribution < 1.29 is 14.7 Å². The summed E-state index contributed by atoms with van der Waals surface area (Å²) in [7, 11) is 0. The molecule has 1 heterocycles. The second kappa shape index (κ2) is 5.90. The third kappa shape index (κ3) is 3.26. The van der Waals surface area contributed by atoms with Gasteiger partial charge in [0.2, 0.25) is 11.8 Å². The number of amides is 2. The van der Waals surface area contributed by atoms with E-state index in [0.717, 1.165) is 38.5 Å². The number of nitrogens with zero attached hydrogens (tertiary/aromatic N) is 1. The smallest absolute Gasteiger partial charge is 0.242 e. The van der Waals surface area contributed by atoms with Crippen LogP contribution in [0.25, 0.3) is 0 Å². The molecule has 1 aliphatic carbocycles. The van der Waals surface area contributed by atoms with Gasteiger partial charge in [-0.25, -0.2) is 0 Å². The molecule has 1 atom stereocenters. The van der Waals surface area contributed by atoms with Gasteiger partial charge in [-0.1, -0.05) is 6.92 Å². The third-order valence-electron chi connectivity index (χ3n) is 4.30. The van der Waals surface area contributed by atoms with Crippen molar-refractivity contribution in [3.8, 4) is 0 Å². The summed E-state index contributed by atoms with van der Waals surface area (Å²) in [6.07, 6.45) is 5.67. The first-order chi connectivity index (χ1) is 9.06. The molecule has 19 heavy (non-hydrogen) atoms. The van der Waals surface area contributed by atoms with E-state index in [9.17, 15) is 14.7 Å². The Hall–Kier alpha value is -1.10. The lowest BCUT2D eigenvalue weighted by atomic mass is 9.80. The number of likely N-dealkylation sites (tertiary alicyclic amines) is 1. The van der Waals surface area contributed by atoms with Crippen molar-refractivity contribution in [1.82, 2.24) is 10.2 Å². The van der Waals surface area contributed by atoms with Crippen molar-refractivity contribution in [2.24, 2.45) is 0 Å². The minimum Gasteiger partial charge on any atom is -0.388 e. The van der Waals surface area contributed by atoms with Crippen molar-refractivity contribution in [3.63, 3.8) is 0 Å². The number of piperidine rings is 1. The summed E-state index contributed by atoms with van der Waals surface area (Å²) < 4.78 is 0. The van der Waals surface area contributed by atoms with E-state index in [1.54, 1.807) is 4.90 Å². The highest BCUT2D eigenvalue weighted by atomic mass is 16.3. The maximum Gasteiger partial charge on any atom is 0.242 e. The van der Waals surface area contributed by atoms with Gasteiger partial charge in [0.25, 0.3) is 0 Å². The number of rotatable bonds is 4. The zero-order valence-corrected chi connectivity index (χ0v) is 11.7. The van der Waals surface area contributed by atoms with Crippen LogP contribution >= 0.6 is 0 Å². The monoisotopic (exact) mass is 268 g/mol. The molecular formula is C14H24N2O3. The van der Waals surface area contributed by atoms with Crippen LogP contribution in [-0.2, 0) is 9.59 Å². The number of hydrogen-bond acceptors (Lipinski definition) is 3. The Morgan fingerprint density at radius 1 is 1.32 bits per heavy atom. The van der Waals surface area contributed by atoms with E-state index in [0.29, 0.717) is 19.5 Å². The molecular weight excluding hydrogens is 244 g/mol. The van der Waals surface area contributed by atoms with Gasteiger partial charge in [0.1, 0.15) is 6.04 Å². The second-order valence-corrected chi connectivity index (χ2v) is 5.75. The maximum atomic E-state index is 12.2. The van der Waals surface area contributed by atoms with E-state index in [-0.39, 0.29) is 17.9 Å². The highest BCUT2D eigenvalue weighted by molar-refractivity contribution is 5.87. The summed E-state index contributed by atoms with van der Waals surface area (Å²) in [6, 6.07) is -0.343. The first kappa shape index (κ1) is 14.3. The quantitative estimate of drug-likeness (QED) is 0.792. The molecule has 0 spiro atoms. The Bertz CT molecular complexity index is 353. The van der Waals surface area contributed by atoms with Gasteiger partial charge in [-0.15, -0.1) is 0 Å². The van der Waals surface area contributed by atoms with E-state index in [1.165, 1.54) is 0 Å². The number of carbonyl (C=O) groups excluding carboxylic acids is 2. The molecule has 1 aliphatic heterocycles. The van der Waals surface area contributed by atoms with Crippen molar-refractivity contribution in [3.05, 3.63) is 0 Å². The van der Waals surface area contributed by atoms with Crippen molar-refractivity contribution in [2.75, 3.05) is 13.1 Å². The highest BCUT2D eigenvalue weighted by Gasteiger charge is 2.36. The summed E-state index contributed by atoms with van der Waals surface area (Å²) in [6.45, 7) is 2.81. The molecule has 5 heteroatoms. The lowest BCUT2D eigenvalue weighted by molar-refractivity contribution is -0.142. The molecule has 1 unspecified atom stereocenters. The van der Waals surface area contributed by atoms with Gasteiger partial charge >= 0.3 is 0 Å². The van der Waals surface area contributed by atoms with E-state index < -0.39 is 5.60 Å². The number of aliphatic hydroxyl groups is 1. The van der Waals surface area contributed by atoms with Gasteiger partial charge in [0.05, 0.1) is 5.60 Å². The van der Waals surface area contributed by atoms with E-state index in [1.807, 2.05) is 6.92 Å². The van der Waals surface area contributed by atoms with Crippen LogP contribution < -0.4 is 5.32 Å². The maximum absolute atomic E-state index is 12.2. The zero-order chi connectivity index (χ0) is 13.9. The normalized spacial score (nSPS) is 25.6. The Kier molecular flexibility index (Phi) is 4.45. The topological polar surface area (TPSA) is 69.6 Å². The molecule has 108 valence electrons. The largest absolute Gasteiger partial charge is 0.388 e. The van der Waals surface area contributed by atoms with Crippen LogP contribution in [0.5, 0.6) is 0 Å². The first-order valence-electron chi connectivity index (χ1n) is 7.35. The predicted molar refractivity (Wildman–Crippen MR) is 71.5 cm³/mol. The predicted octanol–water partition coefficient (Wildman–Crippen LogP) is 0.809. The van der Waals surface area contributed by atoms with Crippen LogP contribution in [0.2, 0.25) is 0 Å². The van der Waals surface area contributed by atoms with Crippen LogP contribution in [0.3, 0.4) is 0 Å². The Balaban J connectivity index is 1.89. The van der Waals surface area contributed by atoms with E-state index in [2.05, 4.69) is 5.32 Å². The van der Waals surface area contributed by atoms with Gasteiger partial charge < -0.3 is 15.3 Å². The molecule has 5 nitrogen and oxygen atoms in total. The standard InChI is InChI=1S/C14H24N2O3/c1-2-12(17)16-9-4-3-6-11(16)13(18)15-10-14(19)7-5-8-14/h11,19H,2-10H2,1H3,(H,15,18). The molecule has 0 aromatic carbocycles. The lowest BCUT2D eigenvalue weighted by Crippen LogP contribution is -2.55. The van der Waals surface area contributed by atoms with Crippen LogP contribution in [0.4, 0.5) is 0 Å². The minimum absolute atomic E-state index is 0.0437. The fourth-order valence-corrected chi connectivity index (χ4v) is 2.84. The Morgan fingerprint density at radius 2 is 2.05 bits per heavy atom. The number of hydrogen-bond donors (Lipinski definition) is 2. The molecule has 1 saturated heterocycles. The average molecular weight is 268 g/mol. The molecule has 0 radical (unpaired) electrons. The zero-order valence-electron chi connectivity index (χ0n) is 11.7.